The Morgan fingerprint density at radius 2 is 2.11 bits per heavy atom. The summed E-state index contributed by atoms with van der Waals surface area (Å²) in [5.74, 6) is 0.934. The van der Waals surface area contributed by atoms with Gasteiger partial charge in [0.25, 0.3) is 0 Å². The summed E-state index contributed by atoms with van der Waals surface area (Å²) in [7, 11) is 0. The van der Waals surface area contributed by atoms with Gasteiger partial charge in [-0.25, -0.2) is 0 Å². The van der Waals surface area contributed by atoms with Gasteiger partial charge in [-0.05, 0) is 37.5 Å². The molecule has 106 valence electrons. The van der Waals surface area contributed by atoms with Crippen LogP contribution in [0.15, 0.2) is 0 Å². The maximum atomic E-state index is 11.9. The summed E-state index contributed by atoms with van der Waals surface area (Å²) in [6.45, 7) is 9.58. The van der Waals surface area contributed by atoms with Crippen molar-refractivity contribution in [2.24, 2.45) is 17.3 Å². The highest BCUT2D eigenvalue weighted by atomic mass is 16.5. The molecule has 1 rings (SSSR count). The van der Waals surface area contributed by atoms with Gasteiger partial charge in [-0.15, -0.1) is 0 Å². The van der Waals surface area contributed by atoms with Crippen molar-refractivity contribution in [1.82, 2.24) is 0 Å². The van der Waals surface area contributed by atoms with Crippen LogP contribution in [-0.2, 0) is 9.53 Å². The Morgan fingerprint density at radius 3 is 2.67 bits per heavy atom. The van der Waals surface area contributed by atoms with Crippen molar-refractivity contribution in [1.29, 1.82) is 0 Å². The molecule has 3 atom stereocenters. The van der Waals surface area contributed by atoms with Crippen LogP contribution in [0, 0.1) is 17.3 Å². The van der Waals surface area contributed by atoms with Crippen LogP contribution in [0.5, 0.6) is 0 Å². The molecule has 0 aliphatic heterocycles. The highest BCUT2D eigenvalue weighted by Gasteiger charge is 2.35. The second-order valence-corrected chi connectivity index (χ2v) is 6.55. The first-order valence-electron chi connectivity index (χ1n) is 7.13. The molecule has 3 heteroatoms. The van der Waals surface area contributed by atoms with E-state index in [0.717, 1.165) is 12.8 Å². The monoisotopic (exact) mass is 256 g/mol. The summed E-state index contributed by atoms with van der Waals surface area (Å²) in [6.07, 6.45) is 2.66. The van der Waals surface area contributed by atoms with Gasteiger partial charge in [0.1, 0.15) is 5.78 Å². The fraction of sp³-hybridized carbons (Fsp3) is 0.933. The predicted octanol–water partition coefficient (Wildman–Crippen LogP) is 2.81. The van der Waals surface area contributed by atoms with E-state index in [-0.39, 0.29) is 11.3 Å². The summed E-state index contributed by atoms with van der Waals surface area (Å²) in [4.78, 5) is 11.9. The number of hydrogen-bond acceptors (Lipinski definition) is 3. The number of aliphatic hydroxyl groups is 1. The molecule has 0 amide bonds. The minimum atomic E-state index is -0.502. The zero-order chi connectivity index (χ0) is 13.8. The first-order chi connectivity index (χ1) is 8.34. The molecular formula is C15H28O3. The number of carbonyl (C=O) groups excluding carboxylic acids is 1. The lowest BCUT2D eigenvalue weighted by Gasteiger charge is -2.37. The van der Waals surface area contributed by atoms with Crippen molar-refractivity contribution in [2.75, 3.05) is 13.2 Å². The smallest absolute Gasteiger partial charge is 0.136 e. The third kappa shape index (κ3) is 4.69. The standard InChI is InChI=1S/C15H28O3/c1-5-18-10-13(16)9-11-8-12(15(2,3)4)6-7-14(11)17/h11-13,16H,5-10H2,1-4H3. The molecule has 0 aromatic rings. The van der Waals surface area contributed by atoms with Crippen molar-refractivity contribution in [3.05, 3.63) is 0 Å². The van der Waals surface area contributed by atoms with Crippen molar-refractivity contribution in [3.63, 3.8) is 0 Å². The molecule has 0 heterocycles. The number of aliphatic hydroxyl groups excluding tert-OH is 1. The Bertz CT molecular complexity index is 267. The van der Waals surface area contributed by atoms with Gasteiger partial charge in [-0.2, -0.15) is 0 Å². The van der Waals surface area contributed by atoms with Gasteiger partial charge >= 0.3 is 0 Å². The summed E-state index contributed by atoms with van der Waals surface area (Å²) < 4.78 is 5.20. The molecule has 0 spiro atoms. The Kier molecular flexibility index (Phi) is 5.80. The lowest BCUT2D eigenvalue weighted by Crippen LogP contribution is -2.34. The van der Waals surface area contributed by atoms with Gasteiger partial charge in [0.15, 0.2) is 0 Å². The maximum absolute atomic E-state index is 11.9. The molecule has 18 heavy (non-hydrogen) atoms. The number of carbonyl (C=O) groups is 1. The van der Waals surface area contributed by atoms with Gasteiger partial charge in [0.05, 0.1) is 12.7 Å². The third-order valence-corrected chi connectivity index (χ3v) is 4.06. The molecule has 1 fully saturated rings. The topological polar surface area (TPSA) is 46.5 Å². The highest BCUT2D eigenvalue weighted by molar-refractivity contribution is 5.81. The van der Waals surface area contributed by atoms with Gasteiger partial charge in [-0.1, -0.05) is 20.8 Å². The molecular weight excluding hydrogens is 228 g/mol. The first kappa shape index (κ1) is 15.6. The number of rotatable bonds is 5. The van der Waals surface area contributed by atoms with Crippen LogP contribution < -0.4 is 0 Å². The fourth-order valence-corrected chi connectivity index (χ4v) is 2.78. The molecule has 1 aliphatic rings. The van der Waals surface area contributed by atoms with Crippen molar-refractivity contribution in [3.8, 4) is 0 Å². The maximum Gasteiger partial charge on any atom is 0.136 e. The van der Waals surface area contributed by atoms with E-state index >= 15 is 0 Å². The fourth-order valence-electron chi connectivity index (χ4n) is 2.78. The van der Waals surface area contributed by atoms with E-state index in [4.69, 9.17) is 4.74 Å². The number of Topliss-reactive ketones (excluding diaryl/α,β-unsaturated/α-hetero) is 1. The van der Waals surface area contributed by atoms with Gasteiger partial charge in [0, 0.05) is 18.9 Å². The summed E-state index contributed by atoms with van der Waals surface area (Å²) in [5, 5.41) is 9.86. The van der Waals surface area contributed by atoms with Crippen LogP contribution in [-0.4, -0.2) is 30.2 Å². The largest absolute Gasteiger partial charge is 0.391 e. The summed E-state index contributed by atoms with van der Waals surface area (Å²) >= 11 is 0. The van der Waals surface area contributed by atoms with Crippen LogP contribution in [0.2, 0.25) is 0 Å². The second-order valence-electron chi connectivity index (χ2n) is 6.55. The second kappa shape index (κ2) is 6.67. The Hall–Kier alpha value is -0.410. The van der Waals surface area contributed by atoms with Crippen LogP contribution in [0.25, 0.3) is 0 Å². The molecule has 0 aromatic heterocycles. The van der Waals surface area contributed by atoms with Gasteiger partial charge in [-0.3, -0.25) is 4.79 Å². The minimum Gasteiger partial charge on any atom is -0.391 e. The van der Waals surface area contributed by atoms with E-state index in [0.29, 0.717) is 37.8 Å². The van der Waals surface area contributed by atoms with E-state index < -0.39 is 6.10 Å². The molecule has 1 aliphatic carbocycles. The average molecular weight is 256 g/mol. The normalized spacial score (nSPS) is 27.3. The van der Waals surface area contributed by atoms with Crippen LogP contribution in [0.1, 0.15) is 53.4 Å². The van der Waals surface area contributed by atoms with Crippen LogP contribution in [0.4, 0.5) is 0 Å². The molecule has 0 bridgehead atoms. The Morgan fingerprint density at radius 1 is 1.44 bits per heavy atom. The van der Waals surface area contributed by atoms with Crippen molar-refractivity contribution in [2.45, 2.75) is 59.5 Å². The van der Waals surface area contributed by atoms with E-state index in [1.54, 1.807) is 0 Å². The van der Waals surface area contributed by atoms with E-state index in [1.807, 2.05) is 6.92 Å². The molecule has 0 saturated heterocycles. The minimum absolute atomic E-state index is 0.0263. The summed E-state index contributed by atoms with van der Waals surface area (Å²) in [6, 6.07) is 0. The number of ether oxygens (including phenoxy) is 1. The Labute approximate surface area is 111 Å². The molecule has 0 aromatic carbocycles. The SMILES string of the molecule is CCOCC(O)CC1CC(C(C)(C)C)CCC1=O. The van der Waals surface area contributed by atoms with Crippen molar-refractivity contribution < 1.29 is 14.6 Å². The molecule has 1 saturated carbocycles. The molecule has 1 N–H and O–H groups in total. The lowest BCUT2D eigenvalue weighted by molar-refractivity contribution is -0.128. The zero-order valence-corrected chi connectivity index (χ0v) is 12.2. The zero-order valence-electron chi connectivity index (χ0n) is 12.2. The van der Waals surface area contributed by atoms with Crippen LogP contribution >= 0.6 is 0 Å². The molecule has 0 radical (unpaired) electrons. The van der Waals surface area contributed by atoms with Gasteiger partial charge < -0.3 is 9.84 Å². The van der Waals surface area contributed by atoms with Gasteiger partial charge in [0.2, 0.25) is 0 Å². The van der Waals surface area contributed by atoms with E-state index in [1.165, 1.54) is 0 Å². The summed E-state index contributed by atoms with van der Waals surface area (Å²) in [5.41, 5.74) is 0.254. The molecule has 3 unspecified atom stereocenters. The van der Waals surface area contributed by atoms with E-state index in [2.05, 4.69) is 20.8 Å². The Balaban J connectivity index is 2.49. The first-order valence-corrected chi connectivity index (χ1v) is 7.13. The predicted molar refractivity (Wildman–Crippen MR) is 72.4 cm³/mol. The molecule has 3 nitrogen and oxygen atoms in total. The van der Waals surface area contributed by atoms with Crippen LogP contribution in [0.3, 0.4) is 0 Å². The third-order valence-electron chi connectivity index (χ3n) is 4.06. The number of hydrogen-bond donors (Lipinski definition) is 1. The van der Waals surface area contributed by atoms with E-state index in [9.17, 15) is 9.90 Å². The number of ketones is 1. The highest BCUT2D eigenvalue weighted by Crippen LogP contribution is 2.40. The quantitative estimate of drug-likeness (QED) is 0.822. The lowest BCUT2D eigenvalue weighted by atomic mass is 9.68. The van der Waals surface area contributed by atoms with Crippen molar-refractivity contribution >= 4 is 5.78 Å². The average Bonchev–Trinajstić information content (AvgIpc) is 2.28.